The second kappa shape index (κ2) is 6.63. The van der Waals surface area contributed by atoms with Gasteiger partial charge in [-0.1, -0.05) is 17.7 Å². The van der Waals surface area contributed by atoms with E-state index in [4.69, 9.17) is 4.74 Å². The molecule has 4 N–H and O–H groups in total. The highest BCUT2D eigenvalue weighted by Crippen LogP contribution is 2.45. The van der Waals surface area contributed by atoms with E-state index in [2.05, 4.69) is 0 Å². The summed E-state index contributed by atoms with van der Waals surface area (Å²) in [7, 11) is 0. The maximum absolute atomic E-state index is 13.0. The van der Waals surface area contributed by atoms with Crippen molar-refractivity contribution in [3.05, 3.63) is 52.6 Å². The van der Waals surface area contributed by atoms with Crippen LogP contribution in [0.3, 0.4) is 0 Å². The molecule has 3 rings (SSSR count). The first kappa shape index (κ1) is 17.7. The van der Waals surface area contributed by atoms with Gasteiger partial charge < -0.3 is 25.2 Å². The number of phenolic OH excluding ortho intramolecular Hbond substituents is 4. The quantitative estimate of drug-likeness (QED) is 0.628. The molecule has 136 valence electrons. The summed E-state index contributed by atoms with van der Waals surface area (Å²) in [5, 5.41) is 39.8. The summed E-state index contributed by atoms with van der Waals surface area (Å²) in [6.45, 7) is 3.79. The molecular weight excluding hydrogens is 336 g/mol. The summed E-state index contributed by atoms with van der Waals surface area (Å²) in [4.78, 5) is 13.0. The molecule has 0 unspecified atom stereocenters. The molecule has 0 saturated heterocycles. The molecular formula is C20H20O6. The maximum atomic E-state index is 13.0. The number of carbonyl (C=O) groups excluding carboxylic acids is 1. The average molecular weight is 356 g/mol. The SMILES string of the molecule is CC(C)=CCc1c(O)cc(O)c2c1OC[C@@H](c1ccc(O)cc1O)C2=O. The molecule has 0 saturated carbocycles. The number of Topliss-reactive ketones (excluding diaryl/α,β-unsaturated/α-hetero) is 1. The predicted molar refractivity (Wildman–Crippen MR) is 95.2 cm³/mol. The van der Waals surface area contributed by atoms with Gasteiger partial charge in [-0.05, 0) is 26.3 Å². The summed E-state index contributed by atoms with van der Waals surface area (Å²) in [5.41, 5.74) is 1.77. The van der Waals surface area contributed by atoms with Crippen LogP contribution >= 0.6 is 0 Å². The third kappa shape index (κ3) is 3.06. The van der Waals surface area contributed by atoms with Crippen molar-refractivity contribution >= 4 is 5.78 Å². The first-order chi connectivity index (χ1) is 12.3. The molecule has 0 radical (unpaired) electrons. The maximum Gasteiger partial charge on any atom is 0.181 e. The fraction of sp³-hybridized carbons (Fsp3) is 0.250. The molecule has 1 aliphatic heterocycles. The monoisotopic (exact) mass is 356 g/mol. The number of phenols is 4. The Labute approximate surface area is 150 Å². The number of rotatable bonds is 3. The number of aromatic hydroxyl groups is 4. The number of carbonyl (C=O) groups is 1. The molecule has 2 aromatic rings. The van der Waals surface area contributed by atoms with Gasteiger partial charge in [0.25, 0.3) is 0 Å². The standard InChI is InChI=1S/C20H20O6/c1-10(2)3-5-13-16(23)8-17(24)18-19(25)14(9-26-20(13)18)12-6-4-11(21)7-15(12)22/h3-4,6-8,14,21-24H,5,9H2,1-2H3/t14-/m0/s1. The average Bonchev–Trinajstić information content (AvgIpc) is 2.55. The molecule has 0 fully saturated rings. The molecule has 0 aliphatic carbocycles. The van der Waals surface area contributed by atoms with Crippen molar-refractivity contribution in [3.8, 4) is 28.7 Å². The van der Waals surface area contributed by atoms with Gasteiger partial charge in [-0.25, -0.2) is 0 Å². The van der Waals surface area contributed by atoms with E-state index in [9.17, 15) is 25.2 Å². The van der Waals surface area contributed by atoms with Crippen LogP contribution in [0.5, 0.6) is 28.7 Å². The molecule has 0 spiro atoms. The van der Waals surface area contributed by atoms with Crippen LogP contribution in [0.15, 0.2) is 35.9 Å². The van der Waals surface area contributed by atoms with Gasteiger partial charge in [0, 0.05) is 23.3 Å². The lowest BCUT2D eigenvalue weighted by Gasteiger charge is -2.27. The first-order valence-electron chi connectivity index (χ1n) is 8.19. The molecule has 6 heteroatoms. The van der Waals surface area contributed by atoms with E-state index >= 15 is 0 Å². The second-order valence-corrected chi connectivity index (χ2v) is 6.55. The van der Waals surface area contributed by atoms with Gasteiger partial charge >= 0.3 is 0 Å². The Morgan fingerprint density at radius 1 is 1.12 bits per heavy atom. The summed E-state index contributed by atoms with van der Waals surface area (Å²) >= 11 is 0. The first-order valence-corrected chi connectivity index (χ1v) is 8.19. The minimum absolute atomic E-state index is 0.0105. The van der Waals surface area contributed by atoms with Crippen molar-refractivity contribution in [2.75, 3.05) is 6.61 Å². The lowest BCUT2D eigenvalue weighted by atomic mass is 9.86. The van der Waals surface area contributed by atoms with Crippen LogP contribution in [0.25, 0.3) is 0 Å². The van der Waals surface area contributed by atoms with Gasteiger partial charge in [-0.3, -0.25) is 4.79 Å². The molecule has 0 bridgehead atoms. The second-order valence-electron chi connectivity index (χ2n) is 6.55. The molecule has 1 atom stereocenters. The fourth-order valence-corrected chi connectivity index (χ4v) is 3.05. The van der Waals surface area contributed by atoms with E-state index in [1.807, 2.05) is 19.9 Å². The van der Waals surface area contributed by atoms with E-state index in [0.29, 0.717) is 17.5 Å². The van der Waals surface area contributed by atoms with Crippen LogP contribution in [-0.4, -0.2) is 32.8 Å². The zero-order valence-corrected chi connectivity index (χ0v) is 14.5. The topological polar surface area (TPSA) is 107 Å². The van der Waals surface area contributed by atoms with E-state index in [-0.39, 0.29) is 40.9 Å². The van der Waals surface area contributed by atoms with Crippen molar-refractivity contribution < 1.29 is 30.0 Å². The smallest absolute Gasteiger partial charge is 0.181 e. The minimum atomic E-state index is -0.824. The van der Waals surface area contributed by atoms with E-state index in [1.165, 1.54) is 12.1 Å². The van der Waals surface area contributed by atoms with Crippen molar-refractivity contribution in [2.24, 2.45) is 0 Å². The number of hydrogen-bond donors (Lipinski definition) is 4. The summed E-state index contributed by atoms with van der Waals surface area (Å²) < 4.78 is 5.73. The molecule has 1 aliphatic rings. The van der Waals surface area contributed by atoms with Crippen molar-refractivity contribution in [3.63, 3.8) is 0 Å². The molecule has 1 heterocycles. The number of ketones is 1. The Morgan fingerprint density at radius 3 is 2.50 bits per heavy atom. The van der Waals surface area contributed by atoms with Crippen molar-refractivity contribution in [2.45, 2.75) is 26.2 Å². The van der Waals surface area contributed by atoms with E-state index < -0.39 is 11.7 Å². The lowest BCUT2D eigenvalue weighted by molar-refractivity contribution is 0.0888. The van der Waals surface area contributed by atoms with Crippen LogP contribution in [0.4, 0.5) is 0 Å². The predicted octanol–water partition coefficient (Wildman–Crippen LogP) is 3.38. The van der Waals surface area contributed by atoms with Gasteiger partial charge in [-0.15, -0.1) is 0 Å². The summed E-state index contributed by atoms with van der Waals surface area (Å²) in [6.07, 6.45) is 2.25. The van der Waals surface area contributed by atoms with E-state index in [0.717, 1.165) is 17.7 Å². The highest BCUT2D eigenvalue weighted by atomic mass is 16.5. The van der Waals surface area contributed by atoms with Gasteiger partial charge in [-0.2, -0.15) is 0 Å². The molecule has 6 nitrogen and oxygen atoms in total. The Kier molecular flexibility index (Phi) is 4.50. The number of hydrogen-bond acceptors (Lipinski definition) is 6. The van der Waals surface area contributed by atoms with Crippen LogP contribution in [0.1, 0.15) is 41.3 Å². The van der Waals surface area contributed by atoms with Gasteiger partial charge in [0.15, 0.2) is 5.78 Å². The lowest BCUT2D eigenvalue weighted by Crippen LogP contribution is -2.27. The fourth-order valence-electron chi connectivity index (χ4n) is 3.05. The Balaban J connectivity index is 2.07. The molecule has 0 aromatic heterocycles. The Morgan fingerprint density at radius 2 is 1.85 bits per heavy atom. The largest absolute Gasteiger partial charge is 0.508 e. The molecule has 26 heavy (non-hydrogen) atoms. The van der Waals surface area contributed by atoms with Crippen molar-refractivity contribution in [1.82, 2.24) is 0 Å². The third-order valence-corrected chi connectivity index (χ3v) is 4.40. The van der Waals surface area contributed by atoms with Crippen LogP contribution in [0.2, 0.25) is 0 Å². The van der Waals surface area contributed by atoms with Crippen molar-refractivity contribution in [1.29, 1.82) is 0 Å². The van der Waals surface area contributed by atoms with Gasteiger partial charge in [0.05, 0.1) is 5.92 Å². The zero-order valence-electron chi connectivity index (χ0n) is 14.5. The number of benzene rings is 2. The van der Waals surface area contributed by atoms with Gasteiger partial charge in [0.1, 0.15) is 40.9 Å². The third-order valence-electron chi connectivity index (χ3n) is 4.40. The highest BCUT2D eigenvalue weighted by Gasteiger charge is 2.36. The minimum Gasteiger partial charge on any atom is -0.508 e. The normalized spacial score (nSPS) is 15.9. The van der Waals surface area contributed by atoms with Crippen LogP contribution in [0, 0.1) is 0 Å². The van der Waals surface area contributed by atoms with Gasteiger partial charge in [0.2, 0.25) is 0 Å². The summed E-state index contributed by atoms with van der Waals surface area (Å²) in [6, 6.07) is 5.10. The number of ether oxygens (including phenoxy) is 1. The van der Waals surface area contributed by atoms with Crippen LogP contribution in [-0.2, 0) is 6.42 Å². The highest BCUT2D eigenvalue weighted by molar-refractivity contribution is 6.07. The summed E-state index contributed by atoms with van der Waals surface area (Å²) in [5.74, 6) is -1.92. The molecule has 0 amide bonds. The Bertz CT molecular complexity index is 909. The molecule has 2 aromatic carbocycles. The van der Waals surface area contributed by atoms with Crippen LogP contribution < -0.4 is 4.74 Å². The Hall–Kier alpha value is -3.15. The van der Waals surface area contributed by atoms with E-state index in [1.54, 1.807) is 0 Å². The zero-order chi connectivity index (χ0) is 19.0. The number of allylic oxidation sites excluding steroid dienone is 2. The number of fused-ring (bicyclic) bond motifs is 1.